The van der Waals surface area contributed by atoms with E-state index in [9.17, 15) is 19.2 Å². The van der Waals surface area contributed by atoms with Gasteiger partial charge in [0, 0.05) is 23.2 Å². The van der Waals surface area contributed by atoms with Crippen LogP contribution in [0.15, 0.2) is 125 Å². The standard InChI is InChI=1S/C38H37N5O4S/c1-5-33(37(46)41-34-26(3)42(4)43(38(34)47)30-19-10-7-11-20-30)48-31-21-13-18-29(24-31)39-36(45)32(23-27-15-12-14-25(2)22-27)40-35(44)28-16-8-6-9-17-28/h6-24,33H,5H2,1-4H3,(H,39,45)(H,40,44)(H,41,46)/b32-23+. The topological polar surface area (TPSA) is 114 Å². The van der Waals surface area contributed by atoms with Crippen LogP contribution in [0.5, 0.6) is 0 Å². The van der Waals surface area contributed by atoms with Gasteiger partial charge in [-0.2, -0.15) is 0 Å². The minimum Gasteiger partial charge on any atom is -0.321 e. The van der Waals surface area contributed by atoms with E-state index in [1.807, 2.05) is 80.6 Å². The SMILES string of the molecule is CCC(Sc1cccc(NC(=O)/C(=C\c2cccc(C)c2)NC(=O)c2ccccc2)c1)C(=O)Nc1c(C)n(C)n(-c2ccccc2)c1=O. The van der Waals surface area contributed by atoms with Crippen molar-refractivity contribution in [3.63, 3.8) is 0 Å². The second-order valence-corrected chi connectivity index (χ2v) is 12.5. The first-order valence-corrected chi connectivity index (χ1v) is 16.4. The van der Waals surface area contributed by atoms with Crippen molar-refractivity contribution >= 4 is 46.9 Å². The summed E-state index contributed by atoms with van der Waals surface area (Å²) >= 11 is 1.33. The number of thioether (sulfide) groups is 1. The molecule has 3 amide bonds. The molecule has 0 saturated carbocycles. The van der Waals surface area contributed by atoms with E-state index in [2.05, 4.69) is 16.0 Å². The molecule has 0 radical (unpaired) electrons. The Bertz CT molecular complexity index is 2030. The van der Waals surface area contributed by atoms with Gasteiger partial charge in [-0.3, -0.25) is 23.9 Å². The maximum absolute atomic E-state index is 13.6. The number of hydrogen-bond acceptors (Lipinski definition) is 5. The van der Waals surface area contributed by atoms with Crippen molar-refractivity contribution in [2.75, 3.05) is 10.6 Å². The summed E-state index contributed by atoms with van der Waals surface area (Å²) in [6.45, 7) is 5.65. The number of para-hydroxylation sites is 1. The molecule has 5 aromatic rings. The zero-order valence-corrected chi connectivity index (χ0v) is 28.0. The first-order chi connectivity index (χ1) is 23.1. The molecule has 0 bridgehead atoms. The van der Waals surface area contributed by atoms with Crippen molar-refractivity contribution in [1.29, 1.82) is 0 Å². The Hall–Kier alpha value is -5.61. The summed E-state index contributed by atoms with van der Waals surface area (Å²) in [6, 6.07) is 32.7. The van der Waals surface area contributed by atoms with Crippen molar-refractivity contribution < 1.29 is 14.4 Å². The monoisotopic (exact) mass is 659 g/mol. The Morgan fingerprint density at radius 1 is 0.833 bits per heavy atom. The number of anilines is 2. The number of carbonyl (C=O) groups excluding carboxylic acids is 3. The molecular weight excluding hydrogens is 623 g/mol. The van der Waals surface area contributed by atoms with Gasteiger partial charge in [0.1, 0.15) is 11.4 Å². The van der Waals surface area contributed by atoms with E-state index >= 15 is 0 Å². The third-order valence-electron chi connectivity index (χ3n) is 7.72. The summed E-state index contributed by atoms with van der Waals surface area (Å²) in [5.74, 6) is -1.20. The zero-order valence-electron chi connectivity index (χ0n) is 27.2. The molecule has 10 heteroatoms. The Kier molecular flexibility index (Phi) is 10.8. The lowest BCUT2D eigenvalue weighted by Crippen LogP contribution is -2.30. The van der Waals surface area contributed by atoms with Crippen molar-refractivity contribution in [3.05, 3.63) is 148 Å². The minimum absolute atomic E-state index is 0.0812. The van der Waals surface area contributed by atoms with Gasteiger partial charge in [-0.05, 0) is 74.4 Å². The molecule has 0 aliphatic rings. The van der Waals surface area contributed by atoms with Crippen LogP contribution in [0.4, 0.5) is 11.4 Å². The third kappa shape index (κ3) is 8.02. The molecule has 0 aliphatic heterocycles. The van der Waals surface area contributed by atoms with Crippen LogP contribution in [0.3, 0.4) is 0 Å². The lowest BCUT2D eigenvalue weighted by atomic mass is 10.1. The Morgan fingerprint density at radius 3 is 2.21 bits per heavy atom. The molecule has 48 heavy (non-hydrogen) atoms. The van der Waals surface area contributed by atoms with E-state index in [-0.39, 0.29) is 22.9 Å². The summed E-state index contributed by atoms with van der Waals surface area (Å²) in [7, 11) is 1.78. The van der Waals surface area contributed by atoms with E-state index in [1.54, 1.807) is 67.2 Å². The van der Waals surface area contributed by atoms with Crippen LogP contribution in [-0.2, 0) is 16.6 Å². The number of aryl methyl sites for hydroxylation is 1. The van der Waals surface area contributed by atoms with Crippen LogP contribution >= 0.6 is 11.8 Å². The quantitative estimate of drug-likeness (QED) is 0.108. The van der Waals surface area contributed by atoms with Crippen LogP contribution in [0.2, 0.25) is 0 Å². The normalized spacial score (nSPS) is 11.9. The first-order valence-electron chi connectivity index (χ1n) is 15.5. The van der Waals surface area contributed by atoms with Crippen molar-refractivity contribution in [2.45, 2.75) is 37.3 Å². The van der Waals surface area contributed by atoms with E-state index in [0.29, 0.717) is 29.1 Å². The number of carbonyl (C=O) groups is 3. The fraction of sp³-hybridized carbons (Fsp3) is 0.158. The molecule has 1 heterocycles. The number of rotatable bonds is 11. The molecule has 1 aromatic heterocycles. The van der Waals surface area contributed by atoms with Gasteiger partial charge in [0.15, 0.2) is 0 Å². The van der Waals surface area contributed by atoms with Crippen molar-refractivity contribution in [2.24, 2.45) is 7.05 Å². The molecule has 4 aromatic carbocycles. The molecule has 1 unspecified atom stereocenters. The number of hydrogen-bond donors (Lipinski definition) is 3. The number of nitrogens with one attached hydrogen (secondary N) is 3. The smallest absolute Gasteiger partial charge is 0.295 e. The lowest BCUT2D eigenvalue weighted by Gasteiger charge is -2.15. The molecule has 1 atom stereocenters. The highest BCUT2D eigenvalue weighted by molar-refractivity contribution is 8.00. The molecule has 0 aliphatic carbocycles. The Morgan fingerprint density at radius 2 is 1.52 bits per heavy atom. The predicted molar refractivity (Wildman–Crippen MR) is 192 cm³/mol. The van der Waals surface area contributed by atoms with E-state index in [0.717, 1.165) is 16.0 Å². The van der Waals surface area contributed by atoms with Crippen LogP contribution < -0.4 is 21.5 Å². The molecule has 244 valence electrons. The average Bonchev–Trinajstić information content (AvgIpc) is 3.30. The summed E-state index contributed by atoms with van der Waals surface area (Å²) in [4.78, 5) is 54.1. The largest absolute Gasteiger partial charge is 0.321 e. The number of benzene rings is 4. The highest BCUT2D eigenvalue weighted by Gasteiger charge is 2.24. The van der Waals surface area contributed by atoms with Crippen LogP contribution in [0, 0.1) is 13.8 Å². The number of nitrogens with zero attached hydrogens (tertiary/aromatic N) is 2. The molecule has 0 spiro atoms. The molecule has 3 N–H and O–H groups in total. The molecule has 9 nitrogen and oxygen atoms in total. The minimum atomic E-state index is -0.512. The van der Waals surface area contributed by atoms with E-state index < -0.39 is 17.1 Å². The van der Waals surface area contributed by atoms with Gasteiger partial charge in [-0.25, -0.2) is 4.68 Å². The molecule has 0 fully saturated rings. The maximum Gasteiger partial charge on any atom is 0.295 e. The van der Waals surface area contributed by atoms with Gasteiger partial charge in [0.05, 0.1) is 16.6 Å². The second-order valence-electron chi connectivity index (χ2n) is 11.2. The molecule has 5 rings (SSSR count). The highest BCUT2D eigenvalue weighted by Crippen LogP contribution is 2.29. The van der Waals surface area contributed by atoms with Gasteiger partial charge in [-0.15, -0.1) is 11.8 Å². The summed E-state index contributed by atoms with van der Waals surface area (Å²) < 4.78 is 3.24. The predicted octanol–water partition coefficient (Wildman–Crippen LogP) is 6.71. The first kappa shape index (κ1) is 33.7. The van der Waals surface area contributed by atoms with Gasteiger partial charge in [0.25, 0.3) is 17.4 Å². The summed E-state index contributed by atoms with van der Waals surface area (Å²) in [5, 5.41) is 8.01. The van der Waals surface area contributed by atoms with Crippen LogP contribution in [-0.4, -0.2) is 32.3 Å². The van der Waals surface area contributed by atoms with Gasteiger partial charge < -0.3 is 16.0 Å². The Labute approximate surface area is 283 Å². The van der Waals surface area contributed by atoms with Gasteiger partial charge in [-0.1, -0.05) is 79.2 Å². The summed E-state index contributed by atoms with van der Waals surface area (Å²) in [5.41, 5.74) is 4.03. The number of amides is 3. The molecular formula is C38H37N5O4S. The van der Waals surface area contributed by atoms with Crippen LogP contribution in [0.1, 0.15) is 40.5 Å². The zero-order chi connectivity index (χ0) is 34.2. The van der Waals surface area contributed by atoms with E-state index in [4.69, 9.17) is 0 Å². The van der Waals surface area contributed by atoms with Gasteiger partial charge in [0.2, 0.25) is 5.91 Å². The van der Waals surface area contributed by atoms with Crippen molar-refractivity contribution in [3.8, 4) is 5.69 Å². The van der Waals surface area contributed by atoms with Crippen molar-refractivity contribution in [1.82, 2.24) is 14.7 Å². The van der Waals surface area contributed by atoms with Crippen LogP contribution in [0.25, 0.3) is 11.8 Å². The Balaban J connectivity index is 1.32. The maximum atomic E-state index is 13.6. The highest BCUT2D eigenvalue weighted by atomic mass is 32.2. The third-order valence-corrected chi connectivity index (χ3v) is 9.08. The fourth-order valence-corrected chi connectivity index (χ4v) is 6.13. The average molecular weight is 660 g/mol. The molecule has 0 saturated heterocycles. The second kappa shape index (κ2) is 15.3. The summed E-state index contributed by atoms with van der Waals surface area (Å²) in [6.07, 6.45) is 2.14. The van der Waals surface area contributed by atoms with E-state index in [1.165, 1.54) is 16.4 Å². The number of aromatic nitrogens is 2. The lowest BCUT2D eigenvalue weighted by molar-refractivity contribution is -0.116. The fourth-order valence-electron chi connectivity index (χ4n) is 5.12. The van der Waals surface area contributed by atoms with Gasteiger partial charge >= 0.3 is 0 Å².